The number of hydrogen-bond acceptors (Lipinski definition) is 4. The number of carbonyl (C=O) groups is 2. The van der Waals surface area contributed by atoms with Crippen molar-refractivity contribution >= 4 is 56.6 Å². The third kappa shape index (κ3) is 2.82. The van der Waals surface area contributed by atoms with Crippen LogP contribution in [0.3, 0.4) is 0 Å². The highest BCUT2D eigenvalue weighted by Gasteiger charge is 2.30. The number of hydrogen-bond donors (Lipinski definition) is 0. The molecule has 1 atom stereocenters. The van der Waals surface area contributed by atoms with E-state index in [1.807, 2.05) is 30.3 Å². The van der Waals surface area contributed by atoms with Gasteiger partial charge in [0, 0.05) is 38.8 Å². The molecule has 0 spiro atoms. The monoisotopic (exact) mass is 426 g/mol. The Labute approximate surface area is 183 Å². The largest absolute Gasteiger partial charge is 0.294 e. The van der Waals surface area contributed by atoms with Crippen molar-refractivity contribution in [2.45, 2.75) is 22.1 Å². The molecule has 1 unspecified atom stereocenters. The minimum atomic E-state index is -0.158. The van der Waals surface area contributed by atoms with E-state index in [9.17, 15) is 9.59 Å². The summed E-state index contributed by atoms with van der Waals surface area (Å²) in [4.78, 5) is 27.9. The molecular formula is C26H18O2S2. The molecule has 2 nitrogen and oxygen atoms in total. The van der Waals surface area contributed by atoms with Crippen molar-refractivity contribution in [3.8, 4) is 0 Å². The zero-order valence-corrected chi connectivity index (χ0v) is 17.8. The molecule has 0 saturated carbocycles. The molecule has 30 heavy (non-hydrogen) atoms. The molecule has 2 aliphatic heterocycles. The standard InChI is InChI=1S/C26H18O2S2/c27-23-9-10-29-24-13-16-5-6-17(11-18(16)12-21(23)24)22-14-30-26-19-4-2-1-3-15(19)7-8-20(26)25(22)28/h1-8,11-13,22H,9-10,14H2. The fourth-order valence-electron chi connectivity index (χ4n) is 4.51. The lowest BCUT2D eigenvalue weighted by Gasteiger charge is -2.25. The van der Waals surface area contributed by atoms with Crippen molar-refractivity contribution in [2.24, 2.45) is 0 Å². The van der Waals surface area contributed by atoms with Gasteiger partial charge in [-0.3, -0.25) is 9.59 Å². The summed E-state index contributed by atoms with van der Waals surface area (Å²) in [6.07, 6.45) is 0.603. The number of Topliss-reactive ketones (excluding diaryl/α,β-unsaturated/α-hetero) is 2. The maximum absolute atomic E-state index is 13.4. The average molecular weight is 427 g/mol. The lowest BCUT2D eigenvalue weighted by atomic mass is 9.89. The van der Waals surface area contributed by atoms with E-state index < -0.39 is 0 Å². The second-order valence-corrected chi connectivity index (χ2v) is 10.0. The molecule has 4 aromatic carbocycles. The minimum Gasteiger partial charge on any atom is -0.294 e. The Bertz CT molecular complexity index is 1370. The molecule has 2 aliphatic rings. The number of carbonyl (C=O) groups excluding carboxylic acids is 2. The van der Waals surface area contributed by atoms with Crippen LogP contribution in [0, 0.1) is 0 Å². The van der Waals surface area contributed by atoms with Crippen molar-refractivity contribution in [2.75, 3.05) is 11.5 Å². The molecule has 0 fully saturated rings. The van der Waals surface area contributed by atoms with Gasteiger partial charge in [0.15, 0.2) is 11.6 Å². The van der Waals surface area contributed by atoms with E-state index in [-0.39, 0.29) is 17.5 Å². The Balaban J connectivity index is 1.43. The fourth-order valence-corrected chi connectivity index (χ4v) is 6.90. The zero-order valence-electron chi connectivity index (χ0n) is 16.2. The molecular weight excluding hydrogens is 408 g/mol. The van der Waals surface area contributed by atoms with Gasteiger partial charge < -0.3 is 0 Å². The average Bonchev–Trinajstić information content (AvgIpc) is 2.78. The highest BCUT2D eigenvalue weighted by atomic mass is 32.2. The SMILES string of the molecule is O=C1CCSc2cc3ccc(C4CSc5c(ccc6ccccc56)C4=O)cc3cc21. The van der Waals surface area contributed by atoms with Gasteiger partial charge in [-0.1, -0.05) is 48.5 Å². The van der Waals surface area contributed by atoms with Crippen LogP contribution in [0.2, 0.25) is 0 Å². The molecule has 0 radical (unpaired) electrons. The molecule has 4 aromatic rings. The summed E-state index contributed by atoms with van der Waals surface area (Å²) in [6, 6.07) is 22.7. The van der Waals surface area contributed by atoms with Crippen LogP contribution in [0.4, 0.5) is 0 Å². The fraction of sp³-hybridized carbons (Fsp3) is 0.154. The van der Waals surface area contributed by atoms with Crippen LogP contribution in [0.25, 0.3) is 21.5 Å². The molecule has 2 heterocycles. The number of ketones is 2. The Morgan fingerprint density at radius 1 is 0.767 bits per heavy atom. The minimum absolute atomic E-state index is 0.158. The van der Waals surface area contributed by atoms with Gasteiger partial charge in [-0.15, -0.1) is 23.5 Å². The molecule has 4 heteroatoms. The lowest BCUT2D eigenvalue weighted by molar-refractivity contribution is 0.0960. The first-order valence-electron chi connectivity index (χ1n) is 10.1. The Morgan fingerprint density at radius 3 is 2.57 bits per heavy atom. The van der Waals surface area contributed by atoms with Crippen molar-refractivity contribution in [1.82, 2.24) is 0 Å². The molecule has 0 amide bonds. The highest BCUT2D eigenvalue weighted by Crippen LogP contribution is 2.42. The summed E-state index contributed by atoms with van der Waals surface area (Å²) in [7, 11) is 0. The van der Waals surface area contributed by atoms with Gasteiger partial charge in [-0.05, 0) is 45.3 Å². The topological polar surface area (TPSA) is 34.1 Å². The first-order chi connectivity index (χ1) is 14.7. The lowest BCUT2D eigenvalue weighted by Crippen LogP contribution is -2.20. The van der Waals surface area contributed by atoms with Gasteiger partial charge in [0.1, 0.15) is 0 Å². The first kappa shape index (κ1) is 18.2. The summed E-state index contributed by atoms with van der Waals surface area (Å²) in [5.41, 5.74) is 2.69. The predicted molar refractivity (Wildman–Crippen MR) is 125 cm³/mol. The van der Waals surface area contributed by atoms with E-state index in [4.69, 9.17) is 0 Å². The van der Waals surface area contributed by atoms with Gasteiger partial charge >= 0.3 is 0 Å². The summed E-state index contributed by atoms with van der Waals surface area (Å²) in [6.45, 7) is 0. The van der Waals surface area contributed by atoms with Crippen molar-refractivity contribution in [3.63, 3.8) is 0 Å². The normalized spacial score (nSPS) is 18.5. The summed E-state index contributed by atoms with van der Waals surface area (Å²) < 4.78 is 0. The van der Waals surface area contributed by atoms with Crippen molar-refractivity contribution in [1.29, 1.82) is 0 Å². The van der Waals surface area contributed by atoms with E-state index in [0.29, 0.717) is 6.42 Å². The van der Waals surface area contributed by atoms with Crippen LogP contribution in [-0.4, -0.2) is 23.1 Å². The maximum Gasteiger partial charge on any atom is 0.172 e. The summed E-state index contributed by atoms with van der Waals surface area (Å²) in [5.74, 6) is 1.86. The van der Waals surface area contributed by atoms with E-state index >= 15 is 0 Å². The molecule has 6 rings (SSSR count). The number of benzene rings is 4. The maximum atomic E-state index is 13.4. The van der Waals surface area contributed by atoms with Crippen LogP contribution in [0.5, 0.6) is 0 Å². The van der Waals surface area contributed by atoms with Crippen LogP contribution < -0.4 is 0 Å². The van der Waals surface area contributed by atoms with Gasteiger partial charge in [0.2, 0.25) is 0 Å². The number of fused-ring (bicyclic) bond motifs is 5. The molecule has 0 saturated heterocycles. The van der Waals surface area contributed by atoms with E-state index in [0.717, 1.165) is 54.1 Å². The van der Waals surface area contributed by atoms with Crippen LogP contribution in [0.15, 0.2) is 76.5 Å². The molecule has 0 N–H and O–H groups in total. The van der Waals surface area contributed by atoms with E-state index in [1.54, 1.807) is 23.5 Å². The van der Waals surface area contributed by atoms with Crippen LogP contribution >= 0.6 is 23.5 Å². The molecule has 0 aliphatic carbocycles. The van der Waals surface area contributed by atoms with Crippen molar-refractivity contribution in [3.05, 3.63) is 83.4 Å². The summed E-state index contributed by atoms with van der Waals surface area (Å²) in [5, 5.41) is 4.51. The Morgan fingerprint density at radius 2 is 1.63 bits per heavy atom. The molecule has 0 aromatic heterocycles. The van der Waals surface area contributed by atoms with Crippen LogP contribution in [0.1, 0.15) is 38.6 Å². The Hall–Kier alpha value is -2.56. The quantitative estimate of drug-likeness (QED) is 0.337. The third-order valence-electron chi connectivity index (χ3n) is 6.11. The second-order valence-electron chi connectivity index (χ2n) is 7.87. The predicted octanol–water partition coefficient (Wildman–Crippen LogP) is 6.74. The molecule has 0 bridgehead atoms. The van der Waals surface area contributed by atoms with Gasteiger partial charge in [-0.2, -0.15) is 0 Å². The Kier molecular flexibility index (Phi) is 4.25. The molecule has 146 valence electrons. The second kappa shape index (κ2) is 7.00. The highest BCUT2D eigenvalue weighted by molar-refractivity contribution is 8.00. The van der Waals surface area contributed by atoms with E-state index in [1.165, 1.54) is 5.39 Å². The first-order valence-corrected chi connectivity index (χ1v) is 12.1. The third-order valence-corrected chi connectivity index (χ3v) is 8.39. The van der Waals surface area contributed by atoms with Gasteiger partial charge in [0.25, 0.3) is 0 Å². The number of rotatable bonds is 1. The van der Waals surface area contributed by atoms with E-state index in [2.05, 4.69) is 36.4 Å². The van der Waals surface area contributed by atoms with Gasteiger partial charge in [0.05, 0.1) is 5.92 Å². The zero-order chi connectivity index (χ0) is 20.2. The van der Waals surface area contributed by atoms with Crippen molar-refractivity contribution < 1.29 is 9.59 Å². The smallest absolute Gasteiger partial charge is 0.172 e. The van der Waals surface area contributed by atoms with Gasteiger partial charge in [-0.25, -0.2) is 0 Å². The van der Waals surface area contributed by atoms with Crippen LogP contribution in [-0.2, 0) is 0 Å². The number of thioether (sulfide) groups is 2. The summed E-state index contributed by atoms with van der Waals surface area (Å²) >= 11 is 3.53.